The Hall–Kier alpha value is -3.73. The number of phenolic OH excluding ortho intramolecular Hbond substituents is 1. The Kier molecular flexibility index (Phi) is 5.44. The molecule has 0 aliphatic carbocycles. The number of aromatic hydroxyl groups is 1. The molecule has 4 N–H and O–H groups in total. The van der Waals surface area contributed by atoms with Gasteiger partial charge < -0.3 is 21.0 Å². The molecule has 0 bridgehead atoms. The highest BCUT2D eigenvalue weighted by molar-refractivity contribution is 9.10. The van der Waals surface area contributed by atoms with Gasteiger partial charge in [-0.1, -0.05) is 46.3 Å². The number of fused-ring (bicyclic) bond motifs is 1. The molecule has 0 aliphatic rings. The van der Waals surface area contributed by atoms with E-state index in [4.69, 9.17) is 15.2 Å². The molecule has 2 aromatic heterocycles. The maximum atomic E-state index is 10.7. The maximum Gasteiger partial charge on any atom is 0.245 e. The van der Waals surface area contributed by atoms with Crippen LogP contribution in [0.4, 0.5) is 5.82 Å². The number of methoxy groups -OCH3 is 1. The number of hydrogen-bond acceptors (Lipinski definition) is 10. The maximum absolute atomic E-state index is 10.7. The topological polar surface area (TPSA) is 145 Å². The van der Waals surface area contributed by atoms with Crippen LogP contribution in [0.15, 0.2) is 56.7 Å². The molecule has 0 saturated carbocycles. The van der Waals surface area contributed by atoms with E-state index in [-0.39, 0.29) is 34.2 Å². The lowest BCUT2D eigenvalue weighted by atomic mass is 10.0. The molecule has 10 nitrogen and oxygen atoms in total. The molecule has 30 heavy (non-hydrogen) atoms. The van der Waals surface area contributed by atoms with E-state index in [9.17, 15) is 5.11 Å². The first-order valence-electron chi connectivity index (χ1n) is 8.74. The third-order valence-electron chi connectivity index (χ3n) is 4.29. The summed E-state index contributed by atoms with van der Waals surface area (Å²) in [5, 5.41) is 25.2. The van der Waals surface area contributed by atoms with Gasteiger partial charge >= 0.3 is 0 Å². The lowest BCUT2D eigenvalue weighted by Gasteiger charge is -2.14. The normalized spacial score (nSPS) is 11.6. The van der Waals surface area contributed by atoms with E-state index in [0.717, 1.165) is 5.56 Å². The van der Waals surface area contributed by atoms with E-state index in [1.54, 1.807) is 12.1 Å². The van der Waals surface area contributed by atoms with Gasteiger partial charge in [-0.15, -0.1) is 0 Å². The highest BCUT2D eigenvalue weighted by atomic mass is 79.9. The van der Waals surface area contributed by atoms with Gasteiger partial charge in [-0.05, 0) is 28.0 Å². The highest BCUT2D eigenvalue weighted by Crippen LogP contribution is 2.35. The van der Waals surface area contributed by atoms with Crippen molar-refractivity contribution in [3.05, 3.63) is 63.8 Å². The lowest BCUT2D eigenvalue weighted by molar-refractivity contribution is 0.314. The van der Waals surface area contributed by atoms with E-state index >= 15 is 0 Å². The molecule has 4 aromatic rings. The molecule has 0 atom stereocenters. The van der Waals surface area contributed by atoms with Crippen molar-refractivity contribution in [1.82, 2.24) is 20.3 Å². The molecule has 0 unspecified atom stereocenters. The van der Waals surface area contributed by atoms with Crippen LogP contribution in [0.25, 0.3) is 11.3 Å². The first kappa shape index (κ1) is 19.6. The number of halogens is 1. The van der Waals surface area contributed by atoms with Crippen LogP contribution in [0.1, 0.15) is 16.8 Å². The van der Waals surface area contributed by atoms with Gasteiger partial charge in [0.05, 0.1) is 12.7 Å². The van der Waals surface area contributed by atoms with E-state index in [0.29, 0.717) is 22.4 Å². The van der Waals surface area contributed by atoms with Crippen molar-refractivity contribution in [3.8, 4) is 11.5 Å². The van der Waals surface area contributed by atoms with Gasteiger partial charge in [-0.2, -0.15) is 5.10 Å². The minimum Gasteiger partial charge on any atom is -0.504 e. The predicted octanol–water partition coefficient (Wildman–Crippen LogP) is 2.81. The molecular formula is C19H16BrN7O3. The first-order valence-corrected chi connectivity index (χ1v) is 9.53. The van der Waals surface area contributed by atoms with Crippen molar-refractivity contribution >= 4 is 38.8 Å². The molecule has 11 heteroatoms. The summed E-state index contributed by atoms with van der Waals surface area (Å²) < 4.78 is 10.6. The quantitative estimate of drug-likeness (QED) is 0.220. The Morgan fingerprint density at radius 3 is 2.63 bits per heavy atom. The molecule has 152 valence electrons. The van der Waals surface area contributed by atoms with Crippen molar-refractivity contribution < 1.29 is 14.5 Å². The fourth-order valence-electron chi connectivity index (χ4n) is 2.88. The second-order valence-corrected chi connectivity index (χ2v) is 7.07. The van der Waals surface area contributed by atoms with Gasteiger partial charge in [-0.3, -0.25) is 0 Å². The number of phenols is 1. The molecule has 0 amide bonds. The highest BCUT2D eigenvalue weighted by Gasteiger charge is 2.23. The smallest absolute Gasteiger partial charge is 0.245 e. The van der Waals surface area contributed by atoms with Crippen LogP contribution >= 0.6 is 15.9 Å². The van der Waals surface area contributed by atoms with Crippen LogP contribution in [0.5, 0.6) is 11.5 Å². The average molecular weight is 470 g/mol. The summed E-state index contributed by atoms with van der Waals surface area (Å²) in [5.41, 5.74) is 2.19. The zero-order valence-corrected chi connectivity index (χ0v) is 17.3. The van der Waals surface area contributed by atoms with E-state index < -0.39 is 0 Å². The van der Waals surface area contributed by atoms with Crippen LogP contribution in [0.2, 0.25) is 0 Å². The van der Waals surface area contributed by atoms with Crippen LogP contribution in [-0.4, -0.2) is 38.2 Å². The van der Waals surface area contributed by atoms with Crippen molar-refractivity contribution in [1.29, 1.82) is 0 Å². The van der Waals surface area contributed by atoms with E-state index in [1.165, 1.54) is 7.11 Å². The first-order chi connectivity index (χ1) is 14.6. The summed E-state index contributed by atoms with van der Waals surface area (Å²) in [6.07, 6.45) is 0. The number of nitrogens with zero attached hydrogens (tertiary/aromatic N) is 5. The van der Waals surface area contributed by atoms with E-state index in [1.807, 2.05) is 30.3 Å². The van der Waals surface area contributed by atoms with Crippen molar-refractivity contribution in [2.45, 2.75) is 6.54 Å². The molecule has 0 radical (unpaired) electrons. The molecule has 0 saturated heterocycles. The van der Waals surface area contributed by atoms with Crippen LogP contribution < -0.4 is 15.9 Å². The van der Waals surface area contributed by atoms with Gasteiger partial charge in [0, 0.05) is 11.0 Å². The summed E-state index contributed by atoms with van der Waals surface area (Å²) in [7, 11) is 1.45. The van der Waals surface area contributed by atoms with E-state index in [2.05, 4.69) is 46.6 Å². The summed E-state index contributed by atoms with van der Waals surface area (Å²) in [6.45, 7) is 0.463. The fourth-order valence-corrected chi connectivity index (χ4v) is 3.31. The standard InChI is InChI=1S/C19H16BrN7O3/c1-29-13-8-11(20)7-12(16(13)28)14(25-21)15-17(22-9-10-5-3-2-4-6-10)24-19-18(23-15)26-30-27-19/h2-8,28H,9,21H2,1H3,(H,22,24,27)/b25-14+. The summed E-state index contributed by atoms with van der Waals surface area (Å²) in [4.78, 5) is 8.89. The molecule has 0 fully saturated rings. The Morgan fingerprint density at radius 1 is 1.20 bits per heavy atom. The largest absolute Gasteiger partial charge is 0.504 e. The average Bonchev–Trinajstić information content (AvgIpc) is 3.22. The minimum atomic E-state index is -0.140. The molecule has 0 aliphatic heterocycles. The number of nitrogens with one attached hydrogen (secondary N) is 1. The van der Waals surface area contributed by atoms with Crippen LogP contribution in [0.3, 0.4) is 0 Å². The Balaban J connectivity index is 1.83. The molecule has 4 rings (SSSR count). The fraction of sp³-hybridized carbons (Fsp3) is 0.105. The number of nitrogens with two attached hydrogens (primary N) is 1. The lowest BCUT2D eigenvalue weighted by Crippen LogP contribution is -2.15. The minimum absolute atomic E-state index is 0.140. The SMILES string of the molecule is COc1cc(Br)cc(/C(=N\N)c2nc3nonc3nc2NCc2ccccc2)c1O. The molecule has 0 spiro atoms. The third-order valence-corrected chi connectivity index (χ3v) is 4.74. The van der Waals surface area contributed by atoms with Gasteiger partial charge in [0.1, 0.15) is 11.4 Å². The number of anilines is 1. The zero-order chi connectivity index (χ0) is 21.1. The Bertz CT molecular complexity index is 1230. The Labute approximate surface area is 178 Å². The van der Waals surface area contributed by atoms with Crippen LogP contribution in [-0.2, 0) is 6.54 Å². The number of ether oxygens (including phenoxy) is 1. The van der Waals surface area contributed by atoms with Crippen LogP contribution in [0, 0.1) is 0 Å². The molecule has 2 heterocycles. The van der Waals surface area contributed by atoms with Crippen molar-refractivity contribution in [3.63, 3.8) is 0 Å². The summed E-state index contributed by atoms with van der Waals surface area (Å²) in [5.74, 6) is 6.17. The third kappa shape index (κ3) is 3.74. The second-order valence-electron chi connectivity index (χ2n) is 6.15. The number of rotatable bonds is 6. The van der Waals surface area contributed by atoms with Gasteiger partial charge in [0.25, 0.3) is 0 Å². The molecular weight excluding hydrogens is 454 g/mol. The second kappa shape index (κ2) is 8.33. The van der Waals surface area contributed by atoms with Gasteiger partial charge in [0.15, 0.2) is 17.3 Å². The number of hydrogen-bond donors (Lipinski definition) is 3. The molecule has 2 aromatic carbocycles. The Morgan fingerprint density at radius 2 is 1.93 bits per heavy atom. The zero-order valence-electron chi connectivity index (χ0n) is 15.7. The monoisotopic (exact) mass is 469 g/mol. The van der Waals surface area contributed by atoms with Gasteiger partial charge in [-0.25, -0.2) is 14.6 Å². The van der Waals surface area contributed by atoms with Crippen molar-refractivity contribution in [2.24, 2.45) is 10.9 Å². The number of benzene rings is 2. The van der Waals surface area contributed by atoms with Crippen molar-refractivity contribution in [2.75, 3.05) is 12.4 Å². The predicted molar refractivity (Wildman–Crippen MR) is 113 cm³/mol. The number of aromatic nitrogens is 4. The summed E-state index contributed by atoms with van der Waals surface area (Å²) in [6, 6.07) is 13.0. The van der Waals surface area contributed by atoms with Gasteiger partial charge in [0.2, 0.25) is 11.3 Å². The number of hydrazone groups is 1. The summed E-state index contributed by atoms with van der Waals surface area (Å²) >= 11 is 3.40.